The molecule has 0 amide bonds. The molecule has 0 bridgehead atoms. The van der Waals surface area contributed by atoms with Crippen LogP contribution in [0.15, 0.2) is 28.7 Å². The highest BCUT2D eigenvalue weighted by molar-refractivity contribution is 9.10. The Balaban J connectivity index is 1.74. The zero-order valence-electron chi connectivity index (χ0n) is 10.1. The van der Waals surface area contributed by atoms with Crippen molar-refractivity contribution >= 4 is 15.9 Å². The maximum Gasteiger partial charge on any atom is 0.0576 e. The summed E-state index contributed by atoms with van der Waals surface area (Å²) in [6.45, 7) is 0.936. The largest absolute Gasteiger partial charge is 0.378 e. The molecule has 2 unspecified atom stereocenters. The van der Waals surface area contributed by atoms with Gasteiger partial charge in [0.1, 0.15) is 0 Å². The second-order valence-electron chi connectivity index (χ2n) is 4.81. The first-order valence-electron chi connectivity index (χ1n) is 6.35. The number of hydrogen-bond acceptors (Lipinski definition) is 2. The Hall–Kier alpha value is -0.380. The summed E-state index contributed by atoms with van der Waals surface area (Å²) in [6.07, 6.45) is 6.00. The predicted octanol–water partition coefficient (Wildman–Crippen LogP) is 3.28. The summed E-state index contributed by atoms with van der Waals surface area (Å²) in [5.74, 6) is 0. The summed E-state index contributed by atoms with van der Waals surface area (Å²) in [5, 5.41) is 0. The third-order valence-corrected chi connectivity index (χ3v) is 3.76. The summed E-state index contributed by atoms with van der Waals surface area (Å²) >= 11 is 3.48. The first-order valence-corrected chi connectivity index (χ1v) is 7.15. The van der Waals surface area contributed by atoms with E-state index < -0.39 is 0 Å². The van der Waals surface area contributed by atoms with Gasteiger partial charge in [0.25, 0.3) is 0 Å². The highest BCUT2D eigenvalue weighted by Gasteiger charge is 2.16. The average Bonchev–Trinajstić information content (AvgIpc) is 2.79. The Kier molecular flexibility index (Phi) is 5.01. The van der Waals surface area contributed by atoms with Crippen LogP contribution in [0.25, 0.3) is 0 Å². The number of benzene rings is 1. The fraction of sp³-hybridized carbons (Fsp3) is 0.571. The minimum absolute atomic E-state index is 0.244. The van der Waals surface area contributed by atoms with E-state index in [1.54, 1.807) is 0 Å². The van der Waals surface area contributed by atoms with Crippen LogP contribution in [0.2, 0.25) is 0 Å². The maximum atomic E-state index is 6.16. The zero-order valence-corrected chi connectivity index (χ0v) is 11.7. The lowest BCUT2D eigenvalue weighted by Gasteiger charge is -2.14. The molecule has 94 valence electrons. The van der Waals surface area contributed by atoms with Crippen molar-refractivity contribution in [2.45, 2.75) is 44.2 Å². The quantitative estimate of drug-likeness (QED) is 0.905. The van der Waals surface area contributed by atoms with E-state index in [-0.39, 0.29) is 6.04 Å². The lowest BCUT2D eigenvalue weighted by molar-refractivity contribution is 0.101. The van der Waals surface area contributed by atoms with Crippen molar-refractivity contribution in [2.24, 2.45) is 5.73 Å². The van der Waals surface area contributed by atoms with E-state index in [0.29, 0.717) is 6.10 Å². The van der Waals surface area contributed by atoms with E-state index >= 15 is 0 Å². The van der Waals surface area contributed by atoms with Crippen molar-refractivity contribution in [1.29, 1.82) is 0 Å². The third-order valence-electron chi connectivity index (χ3n) is 3.27. The number of halogens is 1. The van der Waals surface area contributed by atoms with E-state index in [9.17, 15) is 0 Å². The van der Waals surface area contributed by atoms with Crippen LogP contribution in [0.5, 0.6) is 0 Å². The van der Waals surface area contributed by atoms with Gasteiger partial charge in [-0.15, -0.1) is 0 Å². The standard InChI is InChI=1S/C14H20BrNO/c15-12-4-1-3-11(9-12)10-13(16)6-7-14-5-2-8-17-14/h1,3-4,9,13-14H,2,5-8,10,16H2. The molecule has 2 nitrogen and oxygen atoms in total. The Bertz CT molecular complexity index is 350. The SMILES string of the molecule is NC(CCC1CCCO1)Cc1cccc(Br)c1. The van der Waals surface area contributed by atoms with Crippen molar-refractivity contribution in [2.75, 3.05) is 6.61 Å². The molecular weight excluding hydrogens is 278 g/mol. The van der Waals surface area contributed by atoms with Crippen molar-refractivity contribution in [3.8, 4) is 0 Å². The van der Waals surface area contributed by atoms with Gasteiger partial charge < -0.3 is 10.5 Å². The highest BCUT2D eigenvalue weighted by atomic mass is 79.9. The molecule has 2 rings (SSSR count). The van der Waals surface area contributed by atoms with E-state index in [1.165, 1.54) is 18.4 Å². The molecule has 0 aliphatic carbocycles. The van der Waals surface area contributed by atoms with Gasteiger partial charge in [0.2, 0.25) is 0 Å². The van der Waals surface area contributed by atoms with E-state index in [0.717, 1.165) is 30.3 Å². The molecule has 0 aromatic heterocycles. The molecule has 2 N–H and O–H groups in total. The second-order valence-corrected chi connectivity index (χ2v) is 5.72. The van der Waals surface area contributed by atoms with Crippen molar-refractivity contribution in [1.82, 2.24) is 0 Å². The molecule has 1 aromatic rings. The third kappa shape index (κ3) is 4.41. The molecule has 0 saturated carbocycles. The van der Waals surface area contributed by atoms with Gasteiger partial charge in [-0.1, -0.05) is 28.1 Å². The van der Waals surface area contributed by atoms with E-state index in [2.05, 4.69) is 34.1 Å². The molecule has 17 heavy (non-hydrogen) atoms. The molecule has 2 atom stereocenters. The molecular formula is C14H20BrNO. The number of nitrogens with two attached hydrogens (primary N) is 1. The van der Waals surface area contributed by atoms with Crippen molar-refractivity contribution < 1.29 is 4.74 Å². The Morgan fingerprint density at radius 1 is 1.47 bits per heavy atom. The molecule has 1 aliphatic heterocycles. The highest BCUT2D eigenvalue weighted by Crippen LogP contribution is 2.19. The number of hydrogen-bond donors (Lipinski definition) is 1. The van der Waals surface area contributed by atoms with Crippen LogP contribution >= 0.6 is 15.9 Å². The normalized spacial score (nSPS) is 21.6. The minimum Gasteiger partial charge on any atom is -0.378 e. The molecule has 1 aromatic carbocycles. The lowest BCUT2D eigenvalue weighted by Crippen LogP contribution is -2.24. The monoisotopic (exact) mass is 297 g/mol. The van der Waals surface area contributed by atoms with Gasteiger partial charge in [-0.3, -0.25) is 0 Å². The topological polar surface area (TPSA) is 35.2 Å². The fourth-order valence-corrected chi connectivity index (χ4v) is 2.79. The van der Waals surface area contributed by atoms with Crippen LogP contribution < -0.4 is 5.73 Å². The Morgan fingerprint density at radius 2 is 2.35 bits per heavy atom. The summed E-state index contributed by atoms with van der Waals surface area (Å²) in [5.41, 5.74) is 7.47. The van der Waals surface area contributed by atoms with Gasteiger partial charge in [0.05, 0.1) is 6.10 Å². The summed E-state index contributed by atoms with van der Waals surface area (Å²) in [6, 6.07) is 8.63. The van der Waals surface area contributed by atoms with Gasteiger partial charge in [-0.05, 0) is 49.8 Å². The van der Waals surface area contributed by atoms with Gasteiger partial charge >= 0.3 is 0 Å². The molecule has 1 heterocycles. The van der Waals surface area contributed by atoms with Crippen LogP contribution in [0.3, 0.4) is 0 Å². The van der Waals surface area contributed by atoms with E-state index in [4.69, 9.17) is 10.5 Å². The second kappa shape index (κ2) is 6.53. The molecule has 0 radical (unpaired) electrons. The van der Waals surface area contributed by atoms with Crippen LogP contribution in [0, 0.1) is 0 Å². The summed E-state index contributed by atoms with van der Waals surface area (Å²) in [4.78, 5) is 0. The van der Waals surface area contributed by atoms with Crippen LogP contribution in [-0.2, 0) is 11.2 Å². The molecule has 1 fully saturated rings. The lowest BCUT2D eigenvalue weighted by atomic mass is 10.0. The van der Waals surface area contributed by atoms with Crippen LogP contribution in [0.4, 0.5) is 0 Å². The van der Waals surface area contributed by atoms with Crippen LogP contribution in [0.1, 0.15) is 31.2 Å². The summed E-state index contributed by atoms with van der Waals surface area (Å²) in [7, 11) is 0. The van der Waals surface area contributed by atoms with Crippen LogP contribution in [-0.4, -0.2) is 18.8 Å². The number of rotatable bonds is 5. The minimum atomic E-state index is 0.244. The van der Waals surface area contributed by atoms with Crippen molar-refractivity contribution in [3.05, 3.63) is 34.3 Å². The van der Waals surface area contributed by atoms with Crippen molar-refractivity contribution in [3.63, 3.8) is 0 Å². The van der Waals surface area contributed by atoms with Gasteiger partial charge in [-0.25, -0.2) is 0 Å². The number of ether oxygens (including phenoxy) is 1. The fourth-order valence-electron chi connectivity index (χ4n) is 2.34. The summed E-state index contributed by atoms with van der Waals surface area (Å²) < 4.78 is 6.74. The van der Waals surface area contributed by atoms with Gasteiger partial charge in [-0.2, -0.15) is 0 Å². The Morgan fingerprint density at radius 3 is 3.06 bits per heavy atom. The molecule has 1 saturated heterocycles. The predicted molar refractivity (Wildman–Crippen MR) is 74.0 cm³/mol. The average molecular weight is 298 g/mol. The Labute approximate surface area is 112 Å². The maximum absolute atomic E-state index is 6.16. The zero-order chi connectivity index (χ0) is 12.1. The molecule has 1 aliphatic rings. The molecule has 3 heteroatoms. The van der Waals surface area contributed by atoms with Gasteiger partial charge in [0.15, 0.2) is 0 Å². The first kappa shape index (κ1) is 13.1. The smallest absolute Gasteiger partial charge is 0.0576 e. The van der Waals surface area contributed by atoms with E-state index in [1.807, 2.05) is 6.07 Å². The van der Waals surface area contributed by atoms with Gasteiger partial charge in [0, 0.05) is 17.1 Å². The molecule has 0 spiro atoms. The first-order chi connectivity index (χ1) is 8.24.